The van der Waals surface area contributed by atoms with Crippen LogP contribution in [0.1, 0.15) is 27.2 Å². The molecule has 2 aromatic rings. The third-order valence-corrected chi connectivity index (χ3v) is 2.70. The average Bonchev–Trinajstić information content (AvgIpc) is 2.78. The van der Waals surface area contributed by atoms with E-state index in [1.807, 2.05) is 45.0 Å². The van der Waals surface area contributed by atoms with Crippen LogP contribution in [0, 0.1) is 0 Å². The van der Waals surface area contributed by atoms with Gasteiger partial charge in [-0.25, -0.2) is 9.78 Å². The van der Waals surface area contributed by atoms with E-state index in [0.29, 0.717) is 6.54 Å². The molecule has 114 valence electrons. The molecule has 0 fully saturated rings. The van der Waals surface area contributed by atoms with Crippen LogP contribution in [0.4, 0.5) is 10.7 Å². The number of amides is 1. The zero-order valence-corrected chi connectivity index (χ0v) is 12.7. The van der Waals surface area contributed by atoms with E-state index in [2.05, 4.69) is 20.6 Å². The number of benzene rings is 1. The molecule has 0 radical (unpaired) electrons. The number of H-pyrrole nitrogens is 1. The second kappa shape index (κ2) is 6.47. The Kier molecular flexibility index (Phi) is 4.67. The zero-order valence-electron chi connectivity index (χ0n) is 12.7. The topological polar surface area (TPSA) is 79.0 Å². The monoisotopic (exact) mass is 290 g/mol. The third kappa shape index (κ3) is 4.98. The van der Waals surface area contributed by atoms with Crippen molar-refractivity contribution >= 4 is 23.1 Å². The van der Waals surface area contributed by atoms with Crippen molar-refractivity contribution in [2.75, 3.05) is 18.4 Å². The predicted molar refractivity (Wildman–Crippen MR) is 83.4 cm³/mol. The molecule has 21 heavy (non-hydrogen) atoms. The first kappa shape index (κ1) is 15.2. The van der Waals surface area contributed by atoms with Gasteiger partial charge in [-0.2, -0.15) is 0 Å². The lowest BCUT2D eigenvalue weighted by Gasteiger charge is -2.19. The largest absolute Gasteiger partial charge is 0.444 e. The first-order chi connectivity index (χ1) is 9.94. The van der Waals surface area contributed by atoms with E-state index in [9.17, 15) is 4.79 Å². The Morgan fingerprint density at radius 2 is 2.05 bits per heavy atom. The van der Waals surface area contributed by atoms with E-state index in [1.165, 1.54) is 0 Å². The minimum absolute atomic E-state index is 0.383. The van der Waals surface area contributed by atoms with Crippen molar-refractivity contribution < 1.29 is 9.53 Å². The number of aromatic amines is 1. The molecular weight excluding hydrogens is 268 g/mol. The Balaban J connectivity index is 1.67. The second-order valence-corrected chi connectivity index (χ2v) is 5.81. The molecule has 0 saturated heterocycles. The fourth-order valence-corrected chi connectivity index (χ4v) is 1.84. The van der Waals surface area contributed by atoms with Crippen LogP contribution in [-0.4, -0.2) is 34.8 Å². The number of hydrogen-bond acceptors (Lipinski definition) is 4. The lowest BCUT2D eigenvalue weighted by Crippen LogP contribution is -2.33. The standard InChI is InChI=1S/C15H22N4O2/c1-15(2,3)21-14(20)17-10-6-9-16-13-18-11-7-4-5-8-12(11)19-13/h4-5,7-8H,6,9-10H2,1-3H3,(H,17,20)(H2,16,18,19). The van der Waals surface area contributed by atoms with Crippen LogP contribution in [0.5, 0.6) is 0 Å². The summed E-state index contributed by atoms with van der Waals surface area (Å²) in [6.45, 7) is 6.80. The Morgan fingerprint density at radius 3 is 2.76 bits per heavy atom. The maximum absolute atomic E-state index is 11.4. The maximum Gasteiger partial charge on any atom is 0.407 e. The SMILES string of the molecule is CC(C)(C)OC(=O)NCCCNc1nc2ccccc2[nH]1. The van der Waals surface area contributed by atoms with E-state index in [0.717, 1.165) is 29.9 Å². The molecule has 1 heterocycles. The van der Waals surface area contributed by atoms with Crippen molar-refractivity contribution in [3.8, 4) is 0 Å². The number of alkyl carbamates (subject to hydrolysis) is 1. The van der Waals surface area contributed by atoms with Crippen LogP contribution in [0.15, 0.2) is 24.3 Å². The molecule has 0 saturated carbocycles. The summed E-state index contributed by atoms with van der Waals surface area (Å²) in [6, 6.07) is 7.87. The van der Waals surface area contributed by atoms with Crippen LogP contribution in [0.2, 0.25) is 0 Å². The molecule has 1 aromatic carbocycles. The molecule has 6 heteroatoms. The number of rotatable bonds is 5. The summed E-state index contributed by atoms with van der Waals surface area (Å²) >= 11 is 0. The molecule has 0 aliphatic carbocycles. The Bertz CT molecular complexity index is 568. The van der Waals surface area contributed by atoms with Gasteiger partial charge in [0.25, 0.3) is 0 Å². The number of ether oxygens (including phenoxy) is 1. The molecule has 0 atom stereocenters. The van der Waals surface area contributed by atoms with E-state index in [-0.39, 0.29) is 6.09 Å². The van der Waals surface area contributed by atoms with Crippen LogP contribution in [-0.2, 0) is 4.74 Å². The fourth-order valence-electron chi connectivity index (χ4n) is 1.84. The van der Waals surface area contributed by atoms with Gasteiger partial charge in [0.1, 0.15) is 5.60 Å². The van der Waals surface area contributed by atoms with E-state index in [1.54, 1.807) is 0 Å². The summed E-state index contributed by atoms with van der Waals surface area (Å²) in [5.74, 6) is 0.744. The Morgan fingerprint density at radius 1 is 1.29 bits per heavy atom. The summed E-state index contributed by atoms with van der Waals surface area (Å²) < 4.78 is 5.15. The Hall–Kier alpha value is -2.24. The summed E-state index contributed by atoms with van der Waals surface area (Å²) in [7, 11) is 0. The first-order valence-electron chi connectivity index (χ1n) is 7.09. The zero-order chi connectivity index (χ0) is 15.3. The highest BCUT2D eigenvalue weighted by molar-refractivity contribution is 5.77. The van der Waals surface area contributed by atoms with Gasteiger partial charge in [-0.15, -0.1) is 0 Å². The van der Waals surface area contributed by atoms with Crippen LogP contribution >= 0.6 is 0 Å². The number of carbonyl (C=O) groups excluding carboxylic acids is 1. The fraction of sp³-hybridized carbons (Fsp3) is 0.467. The number of aromatic nitrogens is 2. The van der Waals surface area contributed by atoms with Crippen LogP contribution in [0.25, 0.3) is 11.0 Å². The summed E-state index contributed by atoms with van der Waals surface area (Å²) in [5.41, 5.74) is 1.48. The van der Waals surface area contributed by atoms with E-state index in [4.69, 9.17) is 4.74 Å². The number of fused-ring (bicyclic) bond motifs is 1. The molecular formula is C15H22N4O2. The Labute approximate surface area is 124 Å². The lowest BCUT2D eigenvalue weighted by atomic mass is 10.2. The third-order valence-electron chi connectivity index (χ3n) is 2.70. The molecule has 0 bridgehead atoms. The number of hydrogen-bond donors (Lipinski definition) is 3. The van der Waals surface area contributed by atoms with Gasteiger partial charge in [0, 0.05) is 13.1 Å². The van der Waals surface area contributed by atoms with Crippen molar-refractivity contribution in [3.63, 3.8) is 0 Å². The summed E-state index contributed by atoms with van der Waals surface area (Å²) in [6.07, 6.45) is 0.405. The van der Waals surface area contributed by atoms with Crippen molar-refractivity contribution in [1.82, 2.24) is 15.3 Å². The van der Waals surface area contributed by atoms with E-state index < -0.39 is 5.60 Å². The molecule has 0 aliphatic rings. The van der Waals surface area contributed by atoms with Gasteiger partial charge < -0.3 is 20.4 Å². The quantitative estimate of drug-likeness (QED) is 0.740. The van der Waals surface area contributed by atoms with Gasteiger partial charge >= 0.3 is 6.09 Å². The molecule has 1 aromatic heterocycles. The molecule has 0 spiro atoms. The van der Waals surface area contributed by atoms with Gasteiger partial charge in [0.2, 0.25) is 5.95 Å². The van der Waals surface area contributed by atoms with Gasteiger partial charge in [-0.05, 0) is 39.3 Å². The molecule has 6 nitrogen and oxygen atoms in total. The molecule has 1 amide bonds. The van der Waals surface area contributed by atoms with E-state index >= 15 is 0 Å². The lowest BCUT2D eigenvalue weighted by molar-refractivity contribution is 0.0528. The predicted octanol–water partition coefficient (Wildman–Crippen LogP) is 2.89. The highest BCUT2D eigenvalue weighted by atomic mass is 16.6. The average molecular weight is 290 g/mol. The van der Waals surface area contributed by atoms with Crippen molar-refractivity contribution in [1.29, 1.82) is 0 Å². The van der Waals surface area contributed by atoms with Crippen molar-refractivity contribution in [2.45, 2.75) is 32.8 Å². The molecule has 0 aliphatic heterocycles. The van der Waals surface area contributed by atoms with Crippen LogP contribution < -0.4 is 10.6 Å². The second-order valence-electron chi connectivity index (χ2n) is 5.81. The number of para-hydroxylation sites is 2. The van der Waals surface area contributed by atoms with Gasteiger partial charge in [-0.3, -0.25) is 0 Å². The maximum atomic E-state index is 11.4. The van der Waals surface area contributed by atoms with Gasteiger partial charge in [0.05, 0.1) is 11.0 Å². The highest BCUT2D eigenvalue weighted by Crippen LogP contribution is 2.12. The highest BCUT2D eigenvalue weighted by Gasteiger charge is 2.15. The number of nitrogens with zero attached hydrogens (tertiary/aromatic N) is 1. The number of nitrogens with one attached hydrogen (secondary N) is 3. The normalized spacial score (nSPS) is 11.4. The first-order valence-corrected chi connectivity index (χ1v) is 7.09. The molecule has 2 rings (SSSR count). The van der Waals surface area contributed by atoms with Crippen molar-refractivity contribution in [2.24, 2.45) is 0 Å². The summed E-state index contributed by atoms with van der Waals surface area (Å²) in [4.78, 5) is 19.0. The van der Waals surface area contributed by atoms with Crippen LogP contribution in [0.3, 0.4) is 0 Å². The summed E-state index contributed by atoms with van der Waals surface area (Å²) in [5, 5.41) is 5.92. The van der Waals surface area contributed by atoms with Gasteiger partial charge in [-0.1, -0.05) is 12.1 Å². The minimum Gasteiger partial charge on any atom is -0.444 e. The van der Waals surface area contributed by atoms with Crippen molar-refractivity contribution in [3.05, 3.63) is 24.3 Å². The number of imidazole rings is 1. The smallest absolute Gasteiger partial charge is 0.407 e. The molecule has 0 unspecified atom stereocenters. The number of anilines is 1. The van der Waals surface area contributed by atoms with Gasteiger partial charge in [0.15, 0.2) is 0 Å². The number of carbonyl (C=O) groups is 1. The molecule has 3 N–H and O–H groups in total. The minimum atomic E-state index is -0.462.